The predicted molar refractivity (Wildman–Crippen MR) is 66.3 cm³/mol. The Hall–Kier alpha value is -1.33. The van der Waals surface area contributed by atoms with Crippen LogP contribution in [0, 0.1) is 6.92 Å². The molecular formula is C11H7BrClNO3. The lowest BCUT2D eigenvalue weighted by molar-refractivity contribution is 0.0696. The fourth-order valence-electron chi connectivity index (χ4n) is 1.49. The molecule has 0 bridgehead atoms. The van der Waals surface area contributed by atoms with E-state index in [4.69, 9.17) is 21.2 Å². The second-order valence-corrected chi connectivity index (χ2v) is 4.57. The van der Waals surface area contributed by atoms with Gasteiger partial charge in [-0.3, -0.25) is 0 Å². The standard InChI is InChI=1S/C11H7BrClNO3/c1-5-8(11(15)16)10(14-17-5)6-3-2-4-7(13)9(6)12/h2-4H,1H3,(H,15,16). The molecule has 0 aliphatic carbocycles. The Morgan fingerprint density at radius 3 is 2.88 bits per heavy atom. The number of aromatic carboxylic acids is 1. The quantitative estimate of drug-likeness (QED) is 0.916. The van der Waals surface area contributed by atoms with Crippen molar-refractivity contribution in [3.63, 3.8) is 0 Å². The van der Waals surface area contributed by atoms with E-state index in [2.05, 4.69) is 21.1 Å². The van der Waals surface area contributed by atoms with E-state index in [0.29, 0.717) is 15.1 Å². The van der Waals surface area contributed by atoms with Crippen molar-refractivity contribution in [3.05, 3.63) is 39.0 Å². The van der Waals surface area contributed by atoms with Crippen molar-refractivity contribution >= 4 is 33.5 Å². The van der Waals surface area contributed by atoms with Crippen LogP contribution in [0.15, 0.2) is 27.2 Å². The van der Waals surface area contributed by atoms with Crippen LogP contribution in [0.25, 0.3) is 11.3 Å². The van der Waals surface area contributed by atoms with Gasteiger partial charge in [0.2, 0.25) is 0 Å². The summed E-state index contributed by atoms with van der Waals surface area (Å²) in [6, 6.07) is 5.14. The lowest BCUT2D eigenvalue weighted by Gasteiger charge is -2.03. The maximum Gasteiger partial charge on any atom is 0.341 e. The molecule has 0 radical (unpaired) electrons. The lowest BCUT2D eigenvalue weighted by atomic mass is 10.1. The molecule has 0 amide bonds. The van der Waals surface area contributed by atoms with Crippen LogP contribution in [0.4, 0.5) is 0 Å². The van der Waals surface area contributed by atoms with E-state index < -0.39 is 5.97 Å². The molecule has 2 rings (SSSR count). The Bertz CT molecular complexity index is 594. The molecule has 0 spiro atoms. The molecule has 2 aromatic rings. The first-order valence-electron chi connectivity index (χ1n) is 4.66. The lowest BCUT2D eigenvalue weighted by Crippen LogP contribution is -1.99. The zero-order valence-electron chi connectivity index (χ0n) is 8.70. The molecule has 0 aliphatic heterocycles. The summed E-state index contributed by atoms with van der Waals surface area (Å²) in [6.45, 7) is 1.55. The number of carboxylic acid groups (broad SMARTS) is 1. The van der Waals surface area contributed by atoms with E-state index in [-0.39, 0.29) is 17.0 Å². The minimum absolute atomic E-state index is 0.0490. The van der Waals surface area contributed by atoms with Crippen LogP contribution in [0.5, 0.6) is 0 Å². The maximum atomic E-state index is 11.1. The van der Waals surface area contributed by atoms with Crippen molar-refractivity contribution in [1.82, 2.24) is 5.16 Å². The minimum Gasteiger partial charge on any atom is -0.477 e. The number of hydrogen-bond donors (Lipinski definition) is 1. The number of rotatable bonds is 2. The first-order chi connectivity index (χ1) is 8.02. The van der Waals surface area contributed by atoms with E-state index >= 15 is 0 Å². The number of nitrogens with zero attached hydrogens (tertiary/aromatic N) is 1. The zero-order chi connectivity index (χ0) is 12.6. The van der Waals surface area contributed by atoms with Crippen LogP contribution in [0.3, 0.4) is 0 Å². The van der Waals surface area contributed by atoms with Gasteiger partial charge in [0.25, 0.3) is 0 Å². The third-order valence-electron chi connectivity index (χ3n) is 2.28. The Labute approximate surface area is 110 Å². The number of benzene rings is 1. The van der Waals surface area contributed by atoms with E-state index in [9.17, 15) is 4.79 Å². The summed E-state index contributed by atoms with van der Waals surface area (Å²) < 4.78 is 5.51. The summed E-state index contributed by atoms with van der Waals surface area (Å²) in [6.07, 6.45) is 0. The van der Waals surface area contributed by atoms with E-state index in [1.165, 1.54) is 0 Å². The van der Waals surface area contributed by atoms with Crippen LogP contribution in [0.1, 0.15) is 16.1 Å². The highest BCUT2D eigenvalue weighted by Gasteiger charge is 2.22. The molecule has 0 unspecified atom stereocenters. The number of carbonyl (C=O) groups is 1. The molecule has 17 heavy (non-hydrogen) atoms. The van der Waals surface area contributed by atoms with Gasteiger partial charge in [-0.25, -0.2) is 4.79 Å². The number of hydrogen-bond acceptors (Lipinski definition) is 3. The monoisotopic (exact) mass is 315 g/mol. The second-order valence-electron chi connectivity index (χ2n) is 3.37. The molecule has 0 atom stereocenters. The summed E-state index contributed by atoms with van der Waals surface area (Å²) in [7, 11) is 0. The summed E-state index contributed by atoms with van der Waals surface area (Å²) in [5.41, 5.74) is 0.907. The summed E-state index contributed by atoms with van der Waals surface area (Å²) >= 11 is 9.25. The molecule has 1 aromatic heterocycles. The van der Waals surface area contributed by atoms with Crippen molar-refractivity contribution in [3.8, 4) is 11.3 Å². The Morgan fingerprint density at radius 1 is 1.53 bits per heavy atom. The third-order valence-corrected chi connectivity index (χ3v) is 3.68. The van der Waals surface area contributed by atoms with Gasteiger partial charge in [0.1, 0.15) is 17.0 Å². The Balaban J connectivity index is 2.69. The van der Waals surface area contributed by atoms with Gasteiger partial charge in [-0.05, 0) is 28.9 Å². The third kappa shape index (κ3) is 2.08. The summed E-state index contributed by atoms with van der Waals surface area (Å²) in [5.74, 6) is -0.815. The number of halogens is 2. The largest absolute Gasteiger partial charge is 0.477 e. The Morgan fingerprint density at radius 2 is 2.24 bits per heavy atom. The fourth-order valence-corrected chi connectivity index (χ4v) is 2.12. The van der Waals surface area contributed by atoms with Crippen molar-refractivity contribution in [2.24, 2.45) is 0 Å². The van der Waals surface area contributed by atoms with Gasteiger partial charge < -0.3 is 9.63 Å². The second kappa shape index (κ2) is 4.50. The number of carboxylic acids is 1. The van der Waals surface area contributed by atoms with E-state index in [1.807, 2.05) is 0 Å². The molecule has 1 N–H and O–H groups in total. The van der Waals surface area contributed by atoms with Gasteiger partial charge in [0, 0.05) is 10.0 Å². The molecule has 88 valence electrons. The van der Waals surface area contributed by atoms with Crippen LogP contribution >= 0.6 is 27.5 Å². The van der Waals surface area contributed by atoms with Crippen molar-refractivity contribution in [2.75, 3.05) is 0 Å². The molecule has 0 fully saturated rings. The molecule has 6 heteroatoms. The topological polar surface area (TPSA) is 63.3 Å². The van der Waals surface area contributed by atoms with Crippen LogP contribution in [0.2, 0.25) is 5.02 Å². The van der Waals surface area contributed by atoms with Crippen molar-refractivity contribution in [1.29, 1.82) is 0 Å². The molecule has 4 nitrogen and oxygen atoms in total. The maximum absolute atomic E-state index is 11.1. The summed E-state index contributed by atoms with van der Waals surface area (Å²) in [5, 5.41) is 13.4. The number of aryl methyl sites for hydroxylation is 1. The zero-order valence-corrected chi connectivity index (χ0v) is 11.0. The van der Waals surface area contributed by atoms with Crippen LogP contribution in [-0.4, -0.2) is 16.2 Å². The molecule has 0 aliphatic rings. The minimum atomic E-state index is -1.08. The molecule has 1 aromatic carbocycles. The van der Waals surface area contributed by atoms with Crippen molar-refractivity contribution in [2.45, 2.75) is 6.92 Å². The molecule has 0 saturated carbocycles. The van der Waals surface area contributed by atoms with E-state index in [1.54, 1.807) is 25.1 Å². The molecule has 1 heterocycles. The van der Waals surface area contributed by atoms with Gasteiger partial charge >= 0.3 is 5.97 Å². The van der Waals surface area contributed by atoms with Gasteiger partial charge in [-0.1, -0.05) is 28.9 Å². The van der Waals surface area contributed by atoms with Crippen LogP contribution in [-0.2, 0) is 0 Å². The summed E-state index contributed by atoms with van der Waals surface area (Å²) in [4.78, 5) is 11.1. The van der Waals surface area contributed by atoms with Gasteiger partial charge in [-0.2, -0.15) is 0 Å². The smallest absolute Gasteiger partial charge is 0.341 e. The van der Waals surface area contributed by atoms with E-state index in [0.717, 1.165) is 0 Å². The SMILES string of the molecule is Cc1onc(-c2cccc(Cl)c2Br)c1C(=O)O. The average molecular weight is 317 g/mol. The highest BCUT2D eigenvalue weighted by molar-refractivity contribution is 9.10. The predicted octanol–water partition coefficient (Wildman–Crippen LogP) is 3.76. The average Bonchev–Trinajstić information content (AvgIpc) is 2.64. The Kier molecular flexibility index (Phi) is 3.22. The first-order valence-corrected chi connectivity index (χ1v) is 5.83. The normalized spacial score (nSPS) is 10.5. The van der Waals surface area contributed by atoms with Gasteiger partial charge in [-0.15, -0.1) is 0 Å². The fraction of sp³-hybridized carbons (Fsp3) is 0.0909. The van der Waals surface area contributed by atoms with Gasteiger partial charge in [0.05, 0.1) is 5.02 Å². The van der Waals surface area contributed by atoms with Crippen molar-refractivity contribution < 1.29 is 14.4 Å². The first kappa shape index (κ1) is 12.1. The molecular weight excluding hydrogens is 309 g/mol. The highest BCUT2D eigenvalue weighted by Crippen LogP contribution is 2.35. The van der Waals surface area contributed by atoms with Gasteiger partial charge in [0.15, 0.2) is 0 Å². The van der Waals surface area contributed by atoms with Crippen LogP contribution < -0.4 is 0 Å². The number of aromatic nitrogens is 1. The molecule has 0 saturated heterocycles. The highest BCUT2D eigenvalue weighted by atomic mass is 79.9.